The fourth-order valence-corrected chi connectivity index (χ4v) is 1.44. The zero-order valence-corrected chi connectivity index (χ0v) is 8.83. The van der Waals surface area contributed by atoms with Crippen LogP contribution in [-0.2, 0) is 11.2 Å². The van der Waals surface area contributed by atoms with E-state index >= 15 is 0 Å². The summed E-state index contributed by atoms with van der Waals surface area (Å²) in [7, 11) is 1.30. The molecule has 6 heteroatoms. The van der Waals surface area contributed by atoms with Gasteiger partial charge in [0.2, 0.25) is 0 Å². The van der Waals surface area contributed by atoms with Crippen molar-refractivity contribution < 1.29 is 23.4 Å². The molecule has 16 heavy (non-hydrogen) atoms. The van der Waals surface area contributed by atoms with E-state index in [9.17, 15) is 13.6 Å². The minimum Gasteiger partial charge on any atom is -0.495 e. The lowest BCUT2D eigenvalue weighted by molar-refractivity contribution is -0.136. The maximum atomic E-state index is 12.6. The molecule has 0 saturated carbocycles. The first-order valence-electron chi connectivity index (χ1n) is 4.49. The Hall–Kier alpha value is -1.72. The molecule has 0 aliphatic rings. The number of halogens is 2. The van der Waals surface area contributed by atoms with Crippen LogP contribution in [0.2, 0.25) is 0 Å². The van der Waals surface area contributed by atoms with Crippen LogP contribution < -0.4 is 4.74 Å². The van der Waals surface area contributed by atoms with Gasteiger partial charge in [-0.3, -0.25) is 9.78 Å². The molecule has 0 spiro atoms. The van der Waals surface area contributed by atoms with E-state index < -0.39 is 24.4 Å². The van der Waals surface area contributed by atoms with Gasteiger partial charge in [-0.1, -0.05) is 0 Å². The minimum atomic E-state index is -2.77. The smallest absolute Gasteiger partial charge is 0.307 e. The van der Waals surface area contributed by atoms with E-state index in [1.807, 2.05) is 0 Å². The van der Waals surface area contributed by atoms with Crippen LogP contribution in [0.3, 0.4) is 0 Å². The van der Waals surface area contributed by atoms with Crippen LogP contribution in [0.5, 0.6) is 5.75 Å². The van der Waals surface area contributed by atoms with Crippen molar-refractivity contribution in [2.45, 2.75) is 19.8 Å². The average molecular weight is 231 g/mol. The maximum absolute atomic E-state index is 12.6. The van der Waals surface area contributed by atoms with Crippen molar-refractivity contribution in [2.75, 3.05) is 7.11 Å². The predicted octanol–water partition coefficient (Wildman–Crippen LogP) is 1.96. The van der Waals surface area contributed by atoms with Crippen LogP contribution in [0.25, 0.3) is 0 Å². The number of rotatable bonds is 4. The third-order valence-corrected chi connectivity index (χ3v) is 2.12. The molecule has 0 aliphatic carbocycles. The molecule has 0 radical (unpaired) electrons. The highest BCUT2D eigenvalue weighted by molar-refractivity contribution is 5.72. The average Bonchev–Trinajstić information content (AvgIpc) is 2.16. The number of aromatic nitrogens is 1. The van der Waals surface area contributed by atoms with E-state index in [2.05, 4.69) is 4.98 Å². The molecule has 1 aromatic rings. The van der Waals surface area contributed by atoms with Crippen molar-refractivity contribution in [2.24, 2.45) is 0 Å². The summed E-state index contributed by atoms with van der Waals surface area (Å²) in [5.74, 6) is -1.08. The van der Waals surface area contributed by atoms with Crippen LogP contribution in [-0.4, -0.2) is 23.2 Å². The number of methoxy groups -OCH3 is 1. The van der Waals surface area contributed by atoms with E-state index in [-0.39, 0.29) is 11.3 Å². The lowest BCUT2D eigenvalue weighted by atomic mass is 10.0. The lowest BCUT2D eigenvalue weighted by Crippen LogP contribution is -2.08. The van der Waals surface area contributed by atoms with Crippen LogP contribution in [0.15, 0.2) is 6.20 Å². The highest BCUT2D eigenvalue weighted by Gasteiger charge is 2.21. The SMILES string of the molecule is COc1c(C)ncc(C(F)F)c1CC(=O)O. The van der Waals surface area contributed by atoms with E-state index in [0.29, 0.717) is 5.69 Å². The second-order valence-electron chi connectivity index (χ2n) is 3.18. The Bertz CT molecular complexity index is 407. The Morgan fingerprint density at radius 1 is 1.62 bits per heavy atom. The van der Waals surface area contributed by atoms with E-state index in [0.717, 1.165) is 6.20 Å². The van der Waals surface area contributed by atoms with Gasteiger partial charge in [-0.2, -0.15) is 0 Å². The van der Waals surface area contributed by atoms with Crippen molar-refractivity contribution in [1.82, 2.24) is 4.98 Å². The maximum Gasteiger partial charge on any atom is 0.307 e. The quantitative estimate of drug-likeness (QED) is 0.860. The highest BCUT2D eigenvalue weighted by atomic mass is 19.3. The molecular weight excluding hydrogens is 220 g/mol. The first kappa shape index (κ1) is 12.4. The number of carbonyl (C=O) groups is 1. The summed E-state index contributed by atoms with van der Waals surface area (Å²) in [6, 6.07) is 0. The van der Waals surface area contributed by atoms with Crippen molar-refractivity contribution in [3.05, 3.63) is 23.0 Å². The number of ether oxygens (including phenoxy) is 1. The molecule has 1 aromatic heterocycles. The van der Waals surface area contributed by atoms with Gasteiger partial charge in [-0.15, -0.1) is 0 Å². The van der Waals surface area contributed by atoms with Gasteiger partial charge in [0.25, 0.3) is 6.43 Å². The predicted molar refractivity (Wildman–Crippen MR) is 51.8 cm³/mol. The van der Waals surface area contributed by atoms with Gasteiger partial charge in [0, 0.05) is 17.3 Å². The van der Waals surface area contributed by atoms with Crippen molar-refractivity contribution in [3.63, 3.8) is 0 Å². The summed E-state index contributed by atoms with van der Waals surface area (Å²) in [5.41, 5.74) is -0.0227. The summed E-state index contributed by atoms with van der Waals surface area (Å²) >= 11 is 0. The molecule has 0 aromatic carbocycles. The number of hydrogen-bond donors (Lipinski definition) is 1. The Morgan fingerprint density at radius 3 is 2.69 bits per heavy atom. The van der Waals surface area contributed by atoms with Crippen molar-refractivity contribution in [1.29, 1.82) is 0 Å². The van der Waals surface area contributed by atoms with Crippen LogP contribution in [0.1, 0.15) is 23.2 Å². The number of pyridine rings is 1. The Kier molecular flexibility index (Phi) is 3.76. The highest BCUT2D eigenvalue weighted by Crippen LogP contribution is 2.31. The van der Waals surface area contributed by atoms with Gasteiger partial charge >= 0.3 is 5.97 Å². The monoisotopic (exact) mass is 231 g/mol. The molecule has 0 unspecified atom stereocenters. The molecule has 88 valence electrons. The number of aryl methyl sites for hydroxylation is 1. The molecule has 0 amide bonds. The number of alkyl halides is 2. The van der Waals surface area contributed by atoms with Crippen LogP contribution in [0, 0.1) is 6.92 Å². The fraction of sp³-hybridized carbons (Fsp3) is 0.400. The summed E-state index contributed by atoms with van der Waals surface area (Å²) in [4.78, 5) is 14.3. The molecule has 0 saturated heterocycles. The normalized spacial score (nSPS) is 10.6. The summed E-state index contributed by atoms with van der Waals surface area (Å²) in [5, 5.41) is 8.66. The summed E-state index contributed by atoms with van der Waals surface area (Å²) in [6.45, 7) is 1.57. The van der Waals surface area contributed by atoms with Crippen LogP contribution in [0.4, 0.5) is 8.78 Å². The second-order valence-corrected chi connectivity index (χ2v) is 3.18. The van der Waals surface area contributed by atoms with E-state index in [4.69, 9.17) is 9.84 Å². The molecule has 4 nitrogen and oxygen atoms in total. The number of carboxylic acids is 1. The van der Waals surface area contributed by atoms with E-state index in [1.54, 1.807) is 6.92 Å². The van der Waals surface area contributed by atoms with Crippen molar-refractivity contribution >= 4 is 5.97 Å². The fourth-order valence-electron chi connectivity index (χ4n) is 1.44. The van der Waals surface area contributed by atoms with Gasteiger partial charge in [-0.05, 0) is 6.92 Å². The van der Waals surface area contributed by atoms with Crippen molar-refractivity contribution in [3.8, 4) is 5.75 Å². The van der Waals surface area contributed by atoms with E-state index in [1.165, 1.54) is 7.11 Å². The topological polar surface area (TPSA) is 59.4 Å². The molecular formula is C10H11F2NO3. The standard InChI is InChI=1S/C10H11F2NO3/c1-5-9(16-2)6(3-8(14)15)7(4-13-5)10(11)12/h4,10H,3H2,1-2H3,(H,14,15). The number of hydrogen-bond acceptors (Lipinski definition) is 3. The summed E-state index contributed by atoms with van der Waals surface area (Å²) in [6.07, 6.45) is -2.29. The largest absolute Gasteiger partial charge is 0.495 e. The first-order chi connectivity index (χ1) is 7.47. The second kappa shape index (κ2) is 4.87. The zero-order valence-electron chi connectivity index (χ0n) is 8.83. The molecule has 0 atom stereocenters. The van der Waals surface area contributed by atoms with Gasteiger partial charge in [0.05, 0.1) is 19.2 Å². The lowest BCUT2D eigenvalue weighted by Gasteiger charge is -2.13. The van der Waals surface area contributed by atoms with Gasteiger partial charge in [0.15, 0.2) is 0 Å². The summed E-state index contributed by atoms with van der Waals surface area (Å²) < 4.78 is 30.2. The first-order valence-corrected chi connectivity index (χ1v) is 4.49. The molecule has 0 fully saturated rings. The molecule has 1 rings (SSSR count). The Morgan fingerprint density at radius 2 is 2.25 bits per heavy atom. The molecule has 1 heterocycles. The molecule has 1 N–H and O–H groups in total. The molecule has 0 bridgehead atoms. The Balaban J connectivity index is 3.34. The van der Waals surface area contributed by atoms with Crippen LogP contribution >= 0.6 is 0 Å². The zero-order chi connectivity index (χ0) is 12.3. The molecule has 0 aliphatic heterocycles. The number of carboxylic acid groups (broad SMARTS) is 1. The number of nitrogens with zero attached hydrogens (tertiary/aromatic N) is 1. The number of aliphatic carboxylic acids is 1. The van der Waals surface area contributed by atoms with Gasteiger partial charge in [-0.25, -0.2) is 8.78 Å². The third-order valence-electron chi connectivity index (χ3n) is 2.12. The van der Waals surface area contributed by atoms with Gasteiger partial charge in [0.1, 0.15) is 5.75 Å². The van der Waals surface area contributed by atoms with Gasteiger partial charge < -0.3 is 9.84 Å². The Labute approximate surface area is 90.9 Å². The minimum absolute atomic E-state index is 0.0162. The third kappa shape index (κ3) is 2.44.